The molecule has 1 amide bonds. The predicted molar refractivity (Wildman–Crippen MR) is 111 cm³/mol. The second-order valence-electron chi connectivity index (χ2n) is 9.24. The highest BCUT2D eigenvalue weighted by atomic mass is 16.3. The van der Waals surface area contributed by atoms with E-state index in [1.54, 1.807) is 20.2 Å². The highest BCUT2D eigenvalue weighted by Crippen LogP contribution is 2.50. The van der Waals surface area contributed by atoms with Gasteiger partial charge in [0, 0.05) is 5.92 Å². The second kappa shape index (κ2) is 7.31. The summed E-state index contributed by atoms with van der Waals surface area (Å²) in [6.07, 6.45) is 0.971. The van der Waals surface area contributed by atoms with E-state index >= 15 is 0 Å². The van der Waals surface area contributed by atoms with Crippen molar-refractivity contribution in [2.45, 2.75) is 37.8 Å². The molecule has 9 nitrogen and oxygen atoms in total. The average Bonchev–Trinajstić information content (AvgIpc) is 2.70. The van der Waals surface area contributed by atoms with Crippen LogP contribution >= 0.6 is 0 Å². The van der Waals surface area contributed by atoms with E-state index < -0.39 is 64.4 Å². The third kappa shape index (κ3) is 2.74. The first-order valence-corrected chi connectivity index (χ1v) is 10.6. The summed E-state index contributed by atoms with van der Waals surface area (Å²) in [5, 5.41) is 21.8. The van der Waals surface area contributed by atoms with Crippen LogP contribution in [0.1, 0.15) is 34.8 Å². The number of ketones is 4. The first kappa shape index (κ1) is 22.3. The number of aliphatic hydroxyl groups is 1. The first-order valence-electron chi connectivity index (χ1n) is 10.6. The molecule has 0 heterocycles. The van der Waals surface area contributed by atoms with Crippen molar-refractivity contribution >= 4 is 29.0 Å². The van der Waals surface area contributed by atoms with Crippen LogP contribution in [0.3, 0.4) is 0 Å². The SMILES string of the molecule is CCc1ccc(O)c2c1C[C@H]1C[C@H]3[C@@H](N(C)C)C(=O)C(C(N)=O)C(=O)[C@@]3(O)C(=O)C1C2=O. The quantitative estimate of drug-likeness (QED) is 0.526. The van der Waals surface area contributed by atoms with Crippen molar-refractivity contribution in [3.8, 4) is 5.75 Å². The summed E-state index contributed by atoms with van der Waals surface area (Å²) < 4.78 is 0. The lowest BCUT2D eigenvalue weighted by Gasteiger charge is -2.52. The van der Waals surface area contributed by atoms with Crippen molar-refractivity contribution in [2.75, 3.05) is 14.1 Å². The molecule has 4 N–H and O–H groups in total. The van der Waals surface area contributed by atoms with E-state index in [2.05, 4.69) is 0 Å². The Labute approximate surface area is 184 Å². The molecule has 0 radical (unpaired) electrons. The van der Waals surface area contributed by atoms with Gasteiger partial charge in [-0.25, -0.2) is 0 Å². The Bertz CT molecular complexity index is 1080. The third-order valence-corrected chi connectivity index (χ3v) is 7.42. The number of aryl methyl sites for hydroxylation is 1. The number of Topliss-reactive ketones (excluding diaryl/α,β-unsaturated/α-hetero) is 4. The Morgan fingerprint density at radius 2 is 1.84 bits per heavy atom. The molecule has 0 saturated heterocycles. The topological polar surface area (TPSA) is 155 Å². The largest absolute Gasteiger partial charge is 0.507 e. The number of aromatic hydroxyl groups is 1. The van der Waals surface area contributed by atoms with E-state index in [4.69, 9.17) is 5.73 Å². The van der Waals surface area contributed by atoms with Crippen molar-refractivity contribution < 1.29 is 34.2 Å². The summed E-state index contributed by atoms with van der Waals surface area (Å²) in [5.41, 5.74) is 4.16. The maximum Gasteiger partial charge on any atom is 0.235 e. The molecular weight excluding hydrogens is 416 g/mol. The van der Waals surface area contributed by atoms with Gasteiger partial charge in [0.15, 0.2) is 34.7 Å². The van der Waals surface area contributed by atoms with Gasteiger partial charge in [-0.3, -0.25) is 28.9 Å². The van der Waals surface area contributed by atoms with Crippen molar-refractivity contribution in [3.05, 3.63) is 28.8 Å². The minimum atomic E-state index is -2.69. The fourth-order valence-electron chi connectivity index (χ4n) is 6.00. The molecule has 170 valence electrons. The van der Waals surface area contributed by atoms with Gasteiger partial charge in [-0.2, -0.15) is 0 Å². The van der Waals surface area contributed by atoms with Crippen LogP contribution < -0.4 is 5.73 Å². The standard InChI is InChI=1S/C23H26N2O7/c1-4-9-5-6-13(26)15-11(9)7-10-8-12-17(25(2)3)19(28)16(22(24)31)21(30)23(12,32)20(29)14(10)18(15)27/h5-6,10,12,14,16-17,26,32H,4,7-8H2,1-3H3,(H2,24,31)/t10-,12-,14?,16?,17+,23-/m0/s1. The Balaban J connectivity index is 1.88. The van der Waals surface area contributed by atoms with Crippen LogP contribution in [-0.2, 0) is 32.0 Å². The number of nitrogens with zero attached hydrogens (tertiary/aromatic N) is 1. The van der Waals surface area contributed by atoms with E-state index in [0.29, 0.717) is 18.4 Å². The number of fused-ring (bicyclic) bond motifs is 3. The normalized spacial score (nSPS) is 34.2. The van der Waals surface area contributed by atoms with Gasteiger partial charge in [0.2, 0.25) is 5.91 Å². The van der Waals surface area contributed by atoms with E-state index in [1.807, 2.05) is 6.92 Å². The van der Waals surface area contributed by atoms with E-state index in [-0.39, 0.29) is 17.7 Å². The molecule has 3 aliphatic rings. The molecule has 0 spiro atoms. The lowest BCUT2D eigenvalue weighted by Crippen LogP contribution is -2.74. The van der Waals surface area contributed by atoms with Crippen molar-refractivity contribution in [3.63, 3.8) is 0 Å². The Morgan fingerprint density at radius 1 is 1.19 bits per heavy atom. The van der Waals surface area contributed by atoms with Crippen molar-refractivity contribution in [2.24, 2.45) is 29.4 Å². The molecule has 6 atom stereocenters. The fraction of sp³-hybridized carbons (Fsp3) is 0.522. The maximum absolute atomic E-state index is 13.6. The molecule has 9 heteroatoms. The van der Waals surface area contributed by atoms with E-state index in [0.717, 1.165) is 5.56 Å². The zero-order valence-corrected chi connectivity index (χ0v) is 18.1. The zero-order valence-electron chi connectivity index (χ0n) is 18.1. The van der Waals surface area contributed by atoms with Crippen molar-refractivity contribution in [1.82, 2.24) is 4.90 Å². The molecule has 1 aromatic rings. The number of carbonyl (C=O) groups excluding carboxylic acids is 5. The lowest BCUT2D eigenvalue weighted by atomic mass is 9.52. The van der Waals surface area contributed by atoms with Gasteiger partial charge in [-0.1, -0.05) is 13.0 Å². The maximum atomic E-state index is 13.6. The van der Waals surface area contributed by atoms with Crippen molar-refractivity contribution in [1.29, 1.82) is 0 Å². The number of amides is 1. The minimum Gasteiger partial charge on any atom is -0.507 e. The summed E-state index contributed by atoms with van der Waals surface area (Å²) in [6, 6.07) is 2.04. The molecule has 0 aromatic heterocycles. The van der Waals surface area contributed by atoms with Gasteiger partial charge in [0.25, 0.3) is 0 Å². The van der Waals surface area contributed by atoms with Crippen LogP contribution in [0.4, 0.5) is 0 Å². The number of phenolic OH excluding ortho intramolecular Hbond substituents is 1. The van der Waals surface area contributed by atoms with Gasteiger partial charge in [0.05, 0.1) is 17.5 Å². The molecule has 2 unspecified atom stereocenters. The number of hydrogen-bond acceptors (Lipinski definition) is 8. The smallest absolute Gasteiger partial charge is 0.235 e. The van der Waals surface area contributed by atoms with Crippen LogP contribution in [0, 0.1) is 23.7 Å². The van der Waals surface area contributed by atoms with Crippen LogP contribution in [0.5, 0.6) is 5.75 Å². The Hall–Kier alpha value is -2.91. The molecule has 0 bridgehead atoms. The van der Waals surface area contributed by atoms with Gasteiger partial charge >= 0.3 is 0 Å². The van der Waals surface area contributed by atoms with Gasteiger partial charge < -0.3 is 15.9 Å². The fourth-order valence-corrected chi connectivity index (χ4v) is 6.00. The summed E-state index contributed by atoms with van der Waals surface area (Å²) >= 11 is 0. The van der Waals surface area contributed by atoms with Gasteiger partial charge in [-0.15, -0.1) is 0 Å². The Morgan fingerprint density at radius 3 is 2.41 bits per heavy atom. The molecule has 4 rings (SSSR count). The number of primary amides is 1. The molecule has 0 aliphatic heterocycles. The zero-order chi connectivity index (χ0) is 23.7. The highest BCUT2D eigenvalue weighted by molar-refractivity contribution is 6.32. The number of benzene rings is 1. The number of likely N-dealkylation sites (N-methyl/N-ethyl adjacent to an activating group) is 1. The molecule has 32 heavy (non-hydrogen) atoms. The molecular formula is C23H26N2O7. The molecule has 2 saturated carbocycles. The average molecular weight is 442 g/mol. The van der Waals surface area contributed by atoms with Crippen LogP contribution in [0.2, 0.25) is 0 Å². The van der Waals surface area contributed by atoms with E-state index in [9.17, 15) is 34.2 Å². The highest BCUT2D eigenvalue weighted by Gasteiger charge is 2.69. The summed E-state index contributed by atoms with van der Waals surface area (Å²) in [6.45, 7) is 1.92. The van der Waals surface area contributed by atoms with E-state index in [1.165, 1.54) is 11.0 Å². The molecule has 2 fully saturated rings. The minimum absolute atomic E-state index is 0.0379. The first-order chi connectivity index (χ1) is 15.0. The number of carbonyl (C=O) groups is 5. The monoisotopic (exact) mass is 442 g/mol. The molecule has 3 aliphatic carbocycles. The number of rotatable bonds is 3. The second-order valence-corrected chi connectivity index (χ2v) is 9.24. The third-order valence-electron chi connectivity index (χ3n) is 7.42. The summed E-state index contributed by atoms with van der Waals surface area (Å²) in [5.74, 6) is -10.1. The van der Waals surface area contributed by atoms with Gasteiger partial charge in [-0.05, 0) is 56.5 Å². The number of hydrogen-bond donors (Lipinski definition) is 3. The number of phenols is 1. The van der Waals surface area contributed by atoms with Crippen LogP contribution in [-0.4, -0.2) is 69.9 Å². The lowest BCUT2D eigenvalue weighted by molar-refractivity contribution is -0.181. The Kier molecular flexibility index (Phi) is 5.09. The molecule has 1 aromatic carbocycles. The predicted octanol–water partition coefficient (Wildman–Crippen LogP) is -0.571. The van der Waals surface area contributed by atoms with Gasteiger partial charge in [0.1, 0.15) is 5.75 Å². The number of nitrogens with two attached hydrogens (primary N) is 1. The van der Waals surface area contributed by atoms with Crippen LogP contribution in [0.15, 0.2) is 12.1 Å². The summed E-state index contributed by atoms with van der Waals surface area (Å²) in [7, 11) is 3.11. The van der Waals surface area contributed by atoms with Crippen LogP contribution in [0.25, 0.3) is 0 Å². The summed E-state index contributed by atoms with van der Waals surface area (Å²) in [4.78, 5) is 66.5.